The summed E-state index contributed by atoms with van der Waals surface area (Å²) in [5, 5.41) is 16.0. The van der Waals surface area contributed by atoms with Crippen molar-refractivity contribution in [1.29, 1.82) is 0 Å². The van der Waals surface area contributed by atoms with Crippen LogP contribution in [0.1, 0.15) is 38.2 Å². The van der Waals surface area contributed by atoms with Crippen molar-refractivity contribution in [2.75, 3.05) is 13.7 Å². The van der Waals surface area contributed by atoms with Gasteiger partial charge in [-0.15, -0.1) is 0 Å². The van der Waals surface area contributed by atoms with Crippen LogP contribution in [0.3, 0.4) is 0 Å². The predicted octanol–water partition coefficient (Wildman–Crippen LogP) is 2.54. The van der Waals surface area contributed by atoms with Gasteiger partial charge in [0.2, 0.25) is 0 Å². The Kier molecular flexibility index (Phi) is 4.94. The van der Waals surface area contributed by atoms with E-state index in [4.69, 9.17) is 4.74 Å². The van der Waals surface area contributed by atoms with Gasteiger partial charge < -0.3 is 20.5 Å². The number of phenolic OH excluding ortho intramolecular Hbond substituents is 1. The van der Waals surface area contributed by atoms with Crippen LogP contribution in [-0.4, -0.2) is 36.9 Å². The average Bonchev–Trinajstić information content (AvgIpc) is 2.51. The molecular formula is C18H26FN3O2. The minimum absolute atomic E-state index is 0.262. The largest absolute Gasteiger partial charge is 0.505 e. The maximum Gasteiger partial charge on any atom is 0.191 e. The van der Waals surface area contributed by atoms with Crippen LogP contribution in [0.5, 0.6) is 5.75 Å². The van der Waals surface area contributed by atoms with E-state index in [2.05, 4.69) is 15.6 Å². The molecule has 0 aromatic heterocycles. The van der Waals surface area contributed by atoms with Crippen molar-refractivity contribution in [2.24, 2.45) is 10.4 Å². The lowest BCUT2D eigenvalue weighted by atomic mass is 9.51. The molecule has 6 heteroatoms. The van der Waals surface area contributed by atoms with Gasteiger partial charge in [-0.1, -0.05) is 12.5 Å². The summed E-state index contributed by atoms with van der Waals surface area (Å²) in [7, 11) is 1.73. The van der Waals surface area contributed by atoms with Gasteiger partial charge in [0.05, 0.1) is 6.10 Å². The summed E-state index contributed by atoms with van der Waals surface area (Å²) in [6.45, 7) is 3.26. The van der Waals surface area contributed by atoms with Crippen LogP contribution < -0.4 is 10.6 Å². The Balaban J connectivity index is 1.55. The first-order valence-electron chi connectivity index (χ1n) is 8.65. The van der Waals surface area contributed by atoms with Gasteiger partial charge in [0, 0.05) is 31.7 Å². The maximum atomic E-state index is 13.4. The number of aromatic hydroxyl groups is 1. The molecule has 132 valence electrons. The Hall–Kier alpha value is -1.82. The first-order valence-corrected chi connectivity index (χ1v) is 8.65. The topological polar surface area (TPSA) is 65.9 Å². The van der Waals surface area contributed by atoms with Gasteiger partial charge >= 0.3 is 0 Å². The number of nitrogens with one attached hydrogen (secondary N) is 2. The number of guanidine groups is 1. The first-order chi connectivity index (χ1) is 11.6. The van der Waals surface area contributed by atoms with Crippen LogP contribution in [0.25, 0.3) is 0 Å². The van der Waals surface area contributed by atoms with E-state index in [-0.39, 0.29) is 11.2 Å². The van der Waals surface area contributed by atoms with Crippen LogP contribution in [0.2, 0.25) is 0 Å². The molecular weight excluding hydrogens is 309 g/mol. The Morgan fingerprint density at radius 3 is 2.83 bits per heavy atom. The lowest BCUT2D eigenvalue weighted by Gasteiger charge is -2.61. The number of ether oxygens (including phenoxy) is 1. The summed E-state index contributed by atoms with van der Waals surface area (Å²) in [5.74, 6) is -0.219. The molecule has 1 spiro atoms. The molecule has 0 amide bonds. The van der Waals surface area contributed by atoms with Crippen molar-refractivity contribution in [1.82, 2.24) is 10.6 Å². The molecule has 0 radical (unpaired) electrons. The smallest absolute Gasteiger partial charge is 0.191 e. The monoisotopic (exact) mass is 335 g/mol. The average molecular weight is 335 g/mol. The van der Waals surface area contributed by atoms with Crippen LogP contribution in [0.15, 0.2) is 23.2 Å². The molecule has 2 atom stereocenters. The molecule has 1 aromatic carbocycles. The molecule has 0 aliphatic heterocycles. The number of nitrogens with zero attached hydrogens (tertiary/aromatic N) is 1. The molecule has 3 rings (SSSR count). The maximum absolute atomic E-state index is 13.4. The molecule has 1 aromatic rings. The van der Waals surface area contributed by atoms with Gasteiger partial charge in [-0.3, -0.25) is 4.99 Å². The Morgan fingerprint density at radius 2 is 2.25 bits per heavy atom. The van der Waals surface area contributed by atoms with E-state index >= 15 is 0 Å². The highest BCUT2D eigenvalue weighted by molar-refractivity contribution is 5.80. The normalized spacial score (nSPS) is 25.0. The number of hydrogen-bond donors (Lipinski definition) is 3. The quantitative estimate of drug-likeness (QED) is 0.571. The number of aliphatic imine (C=N–C) groups is 1. The van der Waals surface area contributed by atoms with Gasteiger partial charge in [-0.25, -0.2) is 4.39 Å². The van der Waals surface area contributed by atoms with Crippen LogP contribution in [0.4, 0.5) is 4.39 Å². The van der Waals surface area contributed by atoms with E-state index in [9.17, 15) is 9.50 Å². The van der Waals surface area contributed by atoms with Crippen molar-refractivity contribution >= 4 is 5.96 Å². The van der Waals surface area contributed by atoms with Gasteiger partial charge in [-0.2, -0.15) is 0 Å². The number of rotatable bonds is 5. The molecule has 24 heavy (non-hydrogen) atoms. The van der Waals surface area contributed by atoms with Crippen molar-refractivity contribution in [2.45, 2.75) is 51.3 Å². The van der Waals surface area contributed by atoms with Crippen molar-refractivity contribution in [3.63, 3.8) is 0 Å². The molecule has 2 aliphatic carbocycles. The summed E-state index contributed by atoms with van der Waals surface area (Å²) in [4.78, 5) is 4.27. The fraction of sp³-hybridized carbons (Fsp3) is 0.611. The Labute approximate surface area is 142 Å². The van der Waals surface area contributed by atoms with Crippen molar-refractivity contribution in [3.8, 4) is 5.75 Å². The predicted molar refractivity (Wildman–Crippen MR) is 91.5 cm³/mol. The number of hydrogen-bond acceptors (Lipinski definition) is 3. The van der Waals surface area contributed by atoms with E-state index < -0.39 is 5.82 Å². The zero-order valence-corrected chi connectivity index (χ0v) is 14.3. The van der Waals surface area contributed by atoms with E-state index in [1.54, 1.807) is 13.1 Å². The molecule has 3 N–H and O–H groups in total. The van der Waals surface area contributed by atoms with E-state index in [1.807, 2.05) is 6.92 Å². The third-order valence-corrected chi connectivity index (χ3v) is 5.44. The summed E-state index contributed by atoms with van der Waals surface area (Å²) in [5.41, 5.74) is 1.02. The molecule has 2 saturated carbocycles. The van der Waals surface area contributed by atoms with Gasteiger partial charge in [-0.05, 0) is 43.9 Å². The first kappa shape index (κ1) is 17.0. The second kappa shape index (κ2) is 6.97. The lowest BCUT2D eigenvalue weighted by molar-refractivity contribution is -0.168. The molecule has 5 nitrogen and oxygen atoms in total. The minimum atomic E-state index is -0.607. The standard InChI is InChI=1S/C18H26FN3O2/c1-3-24-16-10-15(18(16)7-4-8-18)22-17(20-2)21-11-12-5-6-14(23)13(19)9-12/h5-6,9,15-16,23H,3-4,7-8,10-11H2,1-2H3,(H2,20,21,22). The number of benzene rings is 1. The highest BCUT2D eigenvalue weighted by Crippen LogP contribution is 2.57. The molecule has 0 heterocycles. The highest BCUT2D eigenvalue weighted by Gasteiger charge is 2.59. The Morgan fingerprint density at radius 1 is 1.46 bits per heavy atom. The summed E-state index contributed by atoms with van der Waals surface area (Å²) < 4.78 is 19.3. The highest BCUT2D eigenvalue weighted by atomic mass is 19.1. The minimum Gasteiger partial charge on any atom is -0.505 e. The summed E-state index contributed by atoms with van der Waals surface area (Å²) in [6, 6.07) is 4.77. The summed E-state index contributed by atoms with van der Waals surface area (Å²) >= 11 is 0. The Bertz CT molecular complexity index is 616. The SMILES string of the molecule is CCOC1CC(NC(=NC)NCc2ccc(O)c(F)c2)C12CCC2. The fourth-order valence-electron chi connectivity index (χ4n) is 3.85. The van der Waals surface area contributed by atoms with E-state index in [0.717, 1.165) is 24.6 Å². The fourth-order valence-corrected chi connectivity index (χ4v) is 3.85. The van der Waals surface area contributed by atoms with Crippen LogP contribution in [0, 0.1) is 11.2 Å². The van der Waals surface area contributed by atoms with Gasteiger partial charge in [0.25, 0.3) is 0 Å². The molecule has 2 unspecified atom stereocenters. The van der Waals surface area contributed by atoms with Gasteiger partial charge in [0.15, 0.2) is 17.5 Å². The second-order valence-corrected chi connectivity index (χ2v) is 6.67. The number of phenols is 1. The van der Waals surface area contributed by atoms with E-state index in [0.29, 0.717) is 18.7 Å². The molecule has 2 fully saturated rings. The molecule has 0 bridgehead atoms. The lowest BCUT2D eigenvalue weighted by Crippen LogP contribution is -2.68. The third-order valence-electron chi connectivity index (χ3n) is 5.44. The van der Waals surface area contributed by atoms with E-state index in [1.165, 1.54) is 31.4 Å². The second-order valence-electron chi connectivity index (χ2n) is 6.67. The third kappa shape index (κ3) is 3.07. The molecule has 0 saturated heterocycles. The summed E-state index contributed by atoms with van der Waals surface area (Å²) in [6.07, 6.45) is 5.03. The van der Waals surface area contributed by atoms with Gasteiger partial charge in [0.1, 0.15) is 0 Å². The van der Waals surface area contributed by atoms with Crippen molar-refractivity contribution in [3.05, 3.63) is 29.6 Å². The molecule has 2 aliphatic rings. The zero-order chi connectivity index (χ0) is 17.2. The van der Waals surface area contributed by atoms with Crippen LogP contribution >= 0.6 is 0 Å². The number of halogens is 1. The van der Waals surface area contributed by atoms with Crippen molar-refractivity contribution < 1.29 is 14.2 Å². The van der Waals surface area contributed by atoms with Crippen LogP contribution in [-0.2, 0) is 11.3 Å². The zero-order valence-electron chi connectivity index (χ0n) is 14.3.